The van der Waals surface area contributed by atoms with Crippen LogP contribution in [0.5, 0.6) is 0 Å². The van der Waals surface area contributed by atoms with Gasteiger partial charge in [-0.15, -0.1) is 0 Å². The molecule has 2 aromatic rings. The number of aliphatic imine (C=N–C) groups is 1. The van der Waals surface area contributed by atoms with Crippen LogP contribution in [0.1, 0.15) is 32.9 Å². The summed E-state index contributed by atoms with van der Waals surface area (Å²) in [6.07, 6.45) is 2.29. The molecule has 152 valence electrons. The van der Waals surface area contributed by atoms with Crippen molar-refractivity contribution in [2.75, 3.05) is 20.1 Å². The van der Waals surface area contributed by atoms with Gasteiger partial charge in [-0.05, 0) is 45.4 Å². The monoisotopic (exact) mass is 386 g/mol. The molecule has 1 aromatic carbocycles. The number of ether oxygens (including phenoxy) is 1. The molecule has 0 fully saturated rings. The summed E-state index contributed by atoms with van der Waals surface area (Å²) in [6, 6.07) is 11.9. The summed E-state index contributed by atoms with van der Waals surface area (Å²) >= 11 is 0. The molecule has 2 rings (SSSR count). The topological polar surface area (TPSA) is 92.6 Å². The number of carbonyl (C=O) groups excluding carboxylic acids is 1. The first kappa shape index (κ1) is 21.3. The summed E-state index contributed by atoms with van der Waals surface area (Å²) in [4.78, 5) is 15.8. The van der Waals surface area contributed by atoms with E-state index in [1.807, 2.05) is 68.0 Å². The van der Waals surface area contributed by atoms with Crippen LogP contribution in [-0.2, 0) is 11.3 Å². The lowest BCUT2D eigenvalue weighted by molar-refractivity contribution is 0.0527. The van der Waals surface area contributed by atoms with Gasteiger partial charge in [-0.3, -0.25) is 4.99 Å². The van der Waals surface area contributed by atoms with E-state index in [4.69, 9.17) is 4.74 Å². The van der Waals surface area contributed by atoms with E-state index < -0.39 is 11.7 Å². The number of guanidine groups is 1. The van der Waals surface area contributed by atoms with Crippen molar-refractivity contribution in [1.29, 1.82) is 0 Å². The molecule has 1 amide bonds. The molecule has 0 saturated carbocycles. The first-order chi connectivity index (χ1) is 13.4. The molecule has 0 saturated heterocycles. The van der Waals surface area contributed by atoms with E-state index in [-0.39, 0.29) is 0 Å². The maximum atomic E-state index is 11.6. The Balaban J connectivity index is 1.67. The van der Waals surface area contributed by atoms with Crippen LogP contribution in [0.15, 0.2) is 47.6 Å². The average molecular weight is 387 g/mol. The van der Waals surface area contributed by atoms with Crippen molar-refractivity contribution in [3.05, 3.63) is 48.3 Å². The minimum Gasteiger partial charge on any atom is -0.444 e. The van der Waals surface area contributed by atoms with E-state index in [9.17, 15) is 4.79 Å². The lowest BCUT2D eigenvalue weighted by Gasteiger charge is -2.19. The zero-order chi connectivity index (χ0) is 20.4. The summed E-state index contributed by atoms with van der Waals surface area (Å²) < 4.78 is 7.04. The molecule has 0 aliphatic heterocycles. The van der Waals surface area contributed by atoms with Crippen LogP contribution >= 0.6 is 0 Å². The molecule has 0 atom stereocenters. The van der Waals surface area contributed by atoms with Crippen LogP contribution in [0.3, 0.4) is 0 Å². The molecule has 0 aliphatic carbocycles. The van der Waals surface area contributed by atoms with Gasteiger partial charge in [0.05, 0.1) is 17.9 Å². The van der Waals surface area contributed by atoms with Crippen LogP contribution < -0.4 is 16.0 Å². The maximum absolute atomic E-state index is 11.6. The number of aromatic nitrogens is 2. The number of amides is 1. The van der Waals surface area contributed by atoms with Crippen molar-refractivity contribution >= 4 is 12.1 Å². The van der Waals surface area contributed by atoms with Gasteiger partial charge in [0, 0.05) is 26.3 Å². The highest BCUT2D eigenvalue weighted by atomic mass is 16.6. The Kier molecular flexibility index (Phi) is 7.86. The molecule has 28 heavy (non-hydrogen) atoms. The Hall–Kier alpha value is -3.03. The molecule has 0 bridgehead atoms. The SMILES string of the molecule is CN=C(NCCCNC(=O)OC(C)(C)C)NCc1ccn(-c2ccccc2)n1. The third kappa shape index (κ3) is 7.69. The van der Waals surface area contributed by atoms with Gasteiger partial charge in [-0.2, -0.15) is 5.10 Å². The second-order valence-electron chi connectivity index (χ2n) is 7.22. The van der Waals surface area contributed by atoms with Gasteiger partial charge in [0.15, 0.2) is 5.96 Å². The van der Waals surface area contributed by atoms with Crippen molar-refractivity contribution in [3.63, 3.8) is 0 Å². The van der Waals surface area contributed by atoms with Crippen LogP contribution in [0, 0.1) is 0 Å². The minimum atomic E-state index is -0.484. The lowest BCUT2D eigenvalue weighted by Crippen LogP contribution is -2.39. The van der Waals surface area contributed by atoms with E-state index in [1.54, 1.807) is 7.05 Å². The van der Waals surface area contributed by atoms with Crippen molar-refractivity contribution in [3.8, 4) is 5.69 Å². The number of rotatable bonds is 7. The molecular weight excluding hydrogens is 356 g/mol. The molecule has 3 N–H and O–H groups in total. The Labute approximate surface area is 166 Å². The van der Waals surface area contributed by atoms with Gasteiger partial charge in [0.2, 0.25) is 0 Å². The summed E-state index contributed by atoms with van der Waals surface area (Å²) in [6.45, 7) is 7.29. The quantitative estimate of drug-likeness (QED) is 0.386. The molecule has 1 heterocycles. The Morgan fingerprint density at radius 1 is 1.11 bits per heavy atom. The number of nitrogens with one attached hydrogen (secondary N) is 3. The standard InChI is InChI=1S/C20H30N6O2/c1-20(2,3)28-19(27)23-13-8-12-22-18(21-4)24-15-16-11-14-26(25-16)17-9-6-5-7-10-17/h5-7,9-11,14H,8,12-13,15H2,1-4H3,(H,23,27)(H2,21,22,24). The Morgan fingerprint density at radius 3 is 2.50 bits per heavy atom. The minimum absolute atomic E-state index is 0.399. The van der Waals surface area contributed by atoms with Crippen molar-refractivity contribution in [2.45, 2.75) is 39.3 Å². The fraction of sp³-hybridized carbons (Fsp3) is 0.450. The number of benzene rings is 1. The first-order valence-corrected chi connectivity index (χ1v) is 9.39. The predicted octanol–water partition coefficient (Wildman–Crippen LogP) is 2.45. The molecule has 8 heteroatoms. The normalized spacial score (nSPS) is 11.8. The van der Waals surface area contributed by atoms with E-state index in [0.29, 0.717) is 25.6 Å². The highest BCUT2D eigenvalue weighted by Gasteiger charge is 2.15. The summed E-state index contributed by atoms with van der Waals surface area (Å²) in [7, 11) is 1.72. The van der Waals surface area contributed by atoms with Gasteiger partial charge < -0.3 is 20.7 Å². The van der Waals surface area contributed by atoms with Gasteiger partial charge in [-0.1, -0.05) is 18.2 Å². The number of hydrogen-bond acceptors (Lipinski definition) is 4. The van der Waals surface area contributed by atoms with E-state index >= 15 is 0 Å². The number of nitrogens with zero attached hydrogens (tertiary/aromatic N) is 3. The summed E-state index contributed by atoms with van der Waals surface area (Å²) in [5.74, 6) is 0.687. The average Bonchev–Trinajstić information content (AvgIpc) is 3.12. The number of para-hydroxylation sites is 1. The smallest absolute Gasteiger partial charge is 0.407 e. The summed E-state index contributed by atoms with van der Waals surface area (Å²) in [5.41, 5.74) is 1.45. The van der Waals surface area contributed by atoms with Crippen molar-refractivity contribution in [1.82, 2.24) is 25.7 Å². The third-order valence-corrected chi connectivity index (χ3v) is 3.64. The number of alkyl carbamates (subject to hydrolysis) is 1. The van der Waals surface area contributed by atoms with Crippen LogP contribution in [0.25, 0.3) is 5.69 Å². The molecule has 0 unspecified atom stereocenters. The van der Waals surface area contributed by atoms with Crippen molar-refractivity contribution < 1.29 is 9.53 Å². The van der Waals surface area contributed by atoms with Gasteiger partial charge in [0.25, 0.3) is 0 Å². The lowest BCUT2D eigenvalue weighted by atomic mass is 10.2. The van der Waals surface area contributed by atoms with E-state index in [1.165, 1.54) is 0 Å². The molecule has 0 aliphatic rings. The van der Waals surface area contributed by atoms with Gasteiger partial charge in [0.1, 0.15) is 5.60 Å². The predicted molar refractivity (Wildman–Crippen MR) is 111 cm³/mol. The highest BCUT2D eigenvalue weighted by molar-refractivity contribution is 5.79. The molecule has 0 spiro atoms. The molecule has 1 aromatic heterocycles. The van der Waals surface area contributed by atoms with Crippen LogP contribution in [0.2, 0.25) is 0 Å². The van der Waals surface area contributed by atoms with Crippen molar-refractivity contribution in [2.24, 2.45) is 4.99 Å². The first-order valence-electron chi connectivity index (χ1n) is 9.39. The fourth-order valence-corrected chi connectivity index (χ4v) is 2.38. The maximum Gasteiger partial charge on any atom is 0.407 e. The molecular formula is C20H30N6O2. The largest absolute Gasteiger partial charge is 0.444 e. The van der Waals surface area contributed by atoms with E-state index in [0.717, 1.165) is 17.8 Å². The van der Waals surface area contributed by atoms with Gasteiger partial charge in [-0.25, -0.2) is 9.48 Å². The summed E-state index contributed by atoms with van der Waals surface area (Å²) in [5, 5.41) is 13.7. The molecule has 8 nitrogen and oxygen atoms in total. The third-order valence-electron chi connectivity index (χ3n) is 3.64. The Morgan fingerprint density at radius 2 is 1.82 bits per heavy atom. The zero-order valence-corrected chi connectivity index (χ0v) is 17.0. The van der Waals surface area contributed by atoms with Crippen LogP contribution in [-0.4, -0.2) is 47.6 Å². The zero-order valence-electron chi connectivity index (χ0n) is 17.0. The number of carbonyl (C=O) groups is 1. The highest BCUT2D eigenvalue weighted by Crippen LogP contribution is 2.07. The second-order valence-corrected chi connectivity index (χ2v) is 7.22. The molecule has 0 radical (unpaired) electrons. The Bertz CT molecular complexity index is 765. The second kappa shape index (κ2) is 10.3. The number of hydrogen-bond donors (Lipinski definition) is 3. The fourth-order valence-electron chi connectivity index (χ4n) is 2.38. The van der Waals surface area contributed by atoms with Gasteiger partial charge >= 0.3 is 6.09 Å². The van der Waals surface area contributed by atoms with Crippen LogP contribution in [0.4, 0.5) is 4.79 Å². The van der Waals surface area contributed by atoms with E-state index in [2.05, 4.69) is 26.0 Å².